The molecule has 1 aliphatic carbocycles. The standard InChI is InChI=1S/C7H12Si.Li.H/c1-6-3-4-7(2,8)5-6;;/h3-5H,1-2,8H3;;/q;+1;-1. The van der Waals surface area contributed by atoms with Crippen LogP contribution >= 0.6 is 0 Å². The number of hydrogen-bond acceptors (Lipinski definition) is 0. The van der Waals surface area contributed by atoms with Gasteiger partial charge in [-0.1, -0.05) is 30.7 Å². The Hall–Kier alpha value is 0.294. The van der Waals surface area contributed by atoms with Gasteiger partial charge in [0.25, 0.3) is 0 Å². The quantitative estimate of drug-likeness (QED) is 0.340. The van der Waals surface area contributed by atoms with Crippen LogP contribution in [0.2, 0.25) is 5.04 Å². The smallest absolute Gasteiger partial charge is 1.00 e. The average Bonchev–Trinajstić information content (AvgIpc) is 1.82. The van der Waals surface area contributed by atoms with Gasteiger partial charge in [0.2, 0.25) is 0 Å². The minimum Gasteiger partial charge on any atom is -1.00 e. The molecule has 2 heteroatoms. The number of rotatable bonds is 0. The van der Waals surface area contributed by atoms with Gasteiger partial charge in [-0.05, 0) is 12.0 Å². The van der Waals surface area contributed by atoms with Crippen molar-refractivity contribution in [2.75, 3.05) is 0 Å². The molecule has 0 nitrogen and oxygen atoms in total. The molecule has 0 saturated carbocycles. The monoisotopic (exact) mass is 132 g/mol. The summed E-state index contributed by atoms with van der Waals surface area (Å²) < 4.78 is 0. The number of allylic oxidation sites excluding steroid dienone is 4. The Kier molecular flexibility index (Phi) is 3.02. The van der Waals surface area contributed by atoms with Gasteiger partial charge in [-0.2, -0.15) is 0 Å². The van der Waals surface area contributed by atoms with Crippen molar-refractivity contribution in [2.45, 2.75) is 18.9 Å². The molecule has 0 bridgehead atoms. The average molecular weight is 132 g/mol. The molecule has 0 spiro atoms. The second-order valence-electron chi connectivity index (χ2n) is 3.04. The van der Waals surface area contributed by atoms with Crippen LogP contribution in [0.15, 0.2) is 23.8 Å². The molecule has 0 aromatic rings. The maximum atomic E-state index is 2.33. The van der Waals surface area contributed by atoms with E-state index in [0.29, 0.717) is 5.04 Å². The third-order valence-corrected chi connectivity index (χ3v) is 2.00. The van der Waals surface area contributed by atoms with E-state index in [2.05, 4.69) is 32.1 Å². The van der Waals surface area contributed by atoms with Crippen LogP contribution in [0.3, 0.4) is 0 Å². The summed E-state index contributed by atoms with van der Waals surface area (Å²) in [7, 11) is 1.24. The van der Waals surface area contributed by atoms with Crippen molar-refractivity contribution in [3.63, 3.8) is 0 Å². The van der Waals surface area contributed by atoms with Crippen LogP contribution in [0.25, 0.3) is 0 Å². The molecule has 9 heavy (non-hydrogen) atoms. The molecule has 0 radical (unpaired) electrons. The molecule has 1 aliphatic rings. The van der Waals surface area contributed by atoms with E-state index in [9.17, 15) is 0 Å². The predicted octanol–water partition coefficient (Wildman–Crippen LogP) is -1.84. The molecule has 0 N–H and O–H groups in total. The van der Waals surface area contributed by atoms with Crippen molar-refractivity contribution in [1.82, 2.24) is 0 Å². The summed E-state index contributed by atoms with van der Waals surface area (Å²) in [6, 6.07) is 0. The second-order valence-corrected chi connectivity index (χ2v) is 5.20. The fourth-order valence-electron chi connectivity index (χ4n) is 1.03. The van der Waals surface area contributed by atoms with Crippen LogP contribution < -0.4 is 18.9 Å². The Morgan fingerprint density at radius 3 is 2.33 bits per heavy atom. The van der Waals surface area contributed by atoms with Gasteiger partial charge in [-0.25, -0.2) is 0 Å². The van der Waals surface area contributed by atoms with E-state index in [1.165, 1.54) is 15.8 Å². The molecule has 0 heterocycles. The summed E-state index contributed by atoms with van der Waals surface area (Å²) in [6.07, 6.45) is 6.82. The molecule has 1 rings (SSSR count). The fourth-order valence-corrected chi connectivity index (χ4v) is 1.65. The van der Waals surface area contributed by atoms with Crippen molar-refractivity contribution >= 4 is 10.2 Å². The van der Waals surface area contributed by atoms with Crippen molar-refractivity contribution in [2.24, 2.45) is 0 Å². The maximum absolute atomic E-state index is 2.33. The molecule has 0 saturated heterocycles. The first-order chi connectivity index (χ1) is 3.60. The van der Waals surface area contributed by atoms with Gasteiger partial charge in [0, 0.05) is 10.2 Å². The van der Waals surface area contributed by atoms with E-state index in [1.807, 2.05) is 0 Å². The summed E-state index contributed by atoms with van der Waals surface area (Å²) in [4.78, 5) is 0. The van der Waals surface area contributed by atoms with Crippen LogP contribution in [0, 0.1) is 0 Å². The molecule has 0 aliphatic heterocycles. The van der Waals surface area contributed by atoms with Crippen LogP contribution in [-0.2, 0) is 0 Å². The zero-order valence-electron chi connectivity index (χ0n) is 7.73. The third kappa shape index (κ3) is 2.58. The molecule has 46 valence electrons. The zero-order chi connectivity index (χ0) is 6.20. The molecule has 0 aromatic carbocycles. The molecular formula is C7H13LiSi. The van der Waals surface area contributed by atoms with E-state index in [1.54, 1.807) is 0 Å². The van der Waals surface area contributed by atoms with Gasteiger partial charge in [-0.3, -0.25) is 0 Å². The molecule has 1 unspecified atom stereocenters. The van der Waals surface area contributed by atoms with E-state index in [0.717, 1.165) is 0 Å². The third-order valence-electron chi connectivity index (χ3n) is 1.38. The first-order valence-corrected chi connectivity index (χ1v) is 3.99. The Morgan fingerprint density at radius 1 is 1.67 bits per heavy atom. The fraction of sp³-hybridized carbons (Fsp3) is 0.429. The summed E-state index contributed by atoms with van der Waals surface area (Å²) in [5.74, 6) is 0. The van der Waals surface area contributed by atoms with Crippen molar-refractivity contribution in [3.05, 3.63) is 23.8 Å². The van der Waals surface area contributed by atoms with E-state index >= 15 is 0 Å². The maximum Gasteiger partial charge on any atom is 1.00 e. The summed E-state index contributed by atoms with van der Waals surface area (Å²) in [6.45, 7) is 4.42. The van der Waals surface area contributed by atoms with Crippen molar-refractivity contribution in [1.29, 1.82) is 0 Å². The van der Waals surface area contributed by atoms with Gasteiger partial charge in [0.05, 0.1) is 0 Å². The minimum absolute atomic E-state index is 0. The predicted molar refractivity (Wildman–Crippen MR) is 42.3 cm³/mol. The van der Waals surface area contributed by atoms with Crippen molar-refractivity contribution < 1.29 is 20.3 Å². The molecule has 1 atom stereocenters. The summed E-state index contributed by atoms with van der Waals surface area (Å²) in [5.41, 5.74) is 1.42. The first kappa shape index (κ1) is 9.29. The van der Waals surface area contributed by atoms with E-state index in [-0.39, 0.29) is 20.3 Å². The molecular weight excluding hydrogens is 119 g/mol. The minimum atomic E-state index is 0. The van der Waals surface area contributed by atoms with Gasteiger partial charge in [-0.15, -0.1) is 0 Å². The van der Waals surface area contributed by atoms with Gasteiger partial charge >= 0.3 is 18.9 Å². The largest absolute Gasteiger partial charge is 1.00 e. The summed E-state index contributed by atoms with van der Waals surface area (Å²) >= 11 is 0. The van der Waals surface area contributed by atoms with E-state index in [4.69, 9.17) is 0 Å². The number of hydrogen-bond donors (Lipinski definition) is 0. The van der Waals surface area contributed by atoms with Crippen LogP contribution in [-0.4, -0.2) is 10.2 Å². The van der Waals surface area contributed by atoms with Gasteiger partial charge in [0.1, 0.15) is 0 Å². The van der Waals surface area contributed by atoms with Crippen LogP contribution in [0.1, 0.15) is 15.3 Å². The zero-order valence-corrected chi connectivity index (χ0v) is 8.73. The molecule has 0 fully saturated rings. The topological polar surface area (TPSA) is 0 Å². The SMILES string of the molecule is CC1=CC(C)([SiH3])C=C1.[H-].[Li+]. The van der Waals surface area contributed by atoms with Crippen LogP contribution in [0.4, 0.5) is 0 Å². The van der Waals surface area contributed by atoms with Crippen LogP contribution in [0.5, 0.6) is 0 Å². The Balaban J connectivity index is 0. The van der Waals surface area contributed by atoms with Gasteiger partial charge < -0.3 is 1.43 Å². The molecule has 0 aromatic heterocycles. The van der Waals surface area contributed by atoms with E-state index < -0.39 is 0 Å². The van der Waals surface area contributed by atoms with Crippen molar-refractivity contribution in [3.8, 4) is 0 Å². The summed E-state index contributed by atoms with van der Waals surface area (Å²) in [5, 5.41) is 0.462. The normalized spacial score (nSPS) is 32.0. The first-order valence-electron chi connectivity index (χ1n) is 2.99. The van der Waals surface area contributed by atoms with Gasteiger partial charge in [0.15, 0.2) is 0 Å². The molecule has 0 amide bonds. The second kappa shape index (κ2) is 2.92. The Bertz CT molecular complexity index is 161. The Morgan fingerprint density at radius 2 is 2.22 bits per heavy atom. The Labute approximate surface area is 73.5 Å².